The van der Waals surface area contributed by atoms with Gasteiger partial charge in [-0.1, -0.05) is 13.3 Å². The Labute approximate surface area is 196 Å². The summed E-state index contributed by atoms with van der Waals surface area (Å²) >= 11 is 0. The molecule has 0 bridgehead atoms. The van der Waals surface area contributed by atoms with Gasteiger partial charge in [0.2, 0.25) is 15.9 Å². The van der Waals surface area contributed by atoms with E-state index in [1.807, 2.05) is 6.92 Å². The zero-order chi connectivity index (χ0) is 25.0. The largest absolute Gasteiger partial charge is 0.383 e. The van der Waals surface area contributed by atoms with Crippen LogP contribution in [0, 0.1) is 5.82 Å². The summed E-state index contributed by atoms with van der Waals surface area (Å²) in [4.78, 5) is 42.5. The second-order valence-electron chi connectivity index (χ2n) is 8.09. The molecule has 3 N–H and O–H groups in total. The van der Waals surface area contributed by atoms with E-state index in [0.29, 0.717) is 13.0 Å². The van der Waals surface area contributed by atoms with Crippen LogP contribution in [0.15, 0.2) is 38.8 Å². The number of nitrogens with one attached hydrogen (secondary N) is 1. The van der Waals surface area contributed by atoms with Crippen LogP contribution in [0.2, 0.25) is 0 Å². The highest BCUT2D eigenvalue weighted by Gasteiger charge is 2.30. The first-order chi connectivity index (χ1) is 16.1. The molecule has 1 aromatic heterocycles. The Kier molecular flexibility index (Phi) is 7.77. The van der Waals surface area contributed by atoms with E-state index >= 15 is 0 Å². The van der Waals surface area contributed by atoms with Crippen LogP contribution in [-0.2, 0) is 21.4 Å². The Morgan fingerprint density at radius 3 is 2.35 bits per heavy atom. The minimum absolute atomic E-state index is 0.00675. The van der Waals surface area contributed by atoms with Gasteiger partial charge in [0.1, 0.15) is 17.3 Å². The van der Waals surface area contributed by atoms with Crippen molar-refractivity contribution in [1.82, 2.24) is 18.8 Å². The fourth-order valence-electron chi connectivity index (χ4n) is 3.80. The minimum Gasteiger partial charge on any atom is -0.383 e. The van der Waals surface area contributed by atoms with Crippen LogP contribution in [0.4, 0.5) is 15.9 Å². The number of benzene rings is 1. The van der Waals surface area contributed by atoms with Crippen molar-refractivity contribution in [2.45, 2.75) is 31.2 Å². The number of hydrogen-bond acceptors (Lipinski definition) is 7. The molecule has 3 rings (SSSR count). The van der Waals surface area contributed by atoms with E-state index in [2.05, 4.69) is 4.98 Å². The van der Waals surface area contributed by atoms with Gasteiger partial charge in [0, 0.05) is 39.8 Å². The van der Waals surface area contributed by atoms with E-state index in [9.17, 15) is 27.2 Å². The molecule has 0 saturated carbocycles. The van der Waals surface area contributed by atoms with Gasteiger partial charge in [-0.15, -0.1) is 0 Å². The Balaban J connectivity index is 1.67. The summed E-state index contributed by atoms with van der Waals surface area (Å²) < 4.78 is 41.2. The number of hydrogen-bond donors (Lipinski definition) is 2. The lowest BCUT2D eigenvalue weighted by molar-refractivity contribution is -0.130. The number of nitrogen functional groups attached to an aromatic ring is 1. The maximum atomic E-state index is 13.1. The number of halogens is 1. The third-order valence-corrected chi connectivity index (χ3v) is 7.66. The summed E-state index contributed by atoms with van der Waals surface area (Å²) in [6.07, 6.45) is 1.53. The van der Waals surface area contributed by atoms with E-state index in [-0.39, 0.29) is 55.0 Å². The number of aromatic nitrogens is 2. The molecule has 11 nitrogen and oxygen atoms in total. The standard InChI is InChI=1S/C21H29FN6O5S/c1-3-4-9-28-19(23)18(20(30)24-21(28)31)25(2)14-17(29)26-10-12-27(13-11-26)34(32,33)16-7-5-15(22)6-8-16/h5-8H,3-4,9-14,23H2,1-2H3,(H,24,30,31). The van der Waals surface area contributed by atoms with Crippen molar-refractivity contribution in [1.29, 1.82) is 0 Å². The second-order valence-corrected chi connectivity index (χ2v) is 10.0. The minimum atomic E-state index is -3.80. The third-order valence-electron chi connectivity index (χ3n) is 5.75. The molecule has 2 heterocycles. The van der Waals surface area contributed by atoms with Crippen LogP contribution in [-0.4, -0.2) is 72.9 Å². The fraction of sp³-hybridized carbons (Fsp3) is 0.476. The summed E-state index contributed by atoms with van der Waals surface area (Å²) in [5.74, 6) is -0.849. The topological polar surface area (TPSA) is 142 Å². The van der Waals surface area contributed by atoms with Crippen LogP contribution < -0.4 is 21.9 Å². The number of unbranched alkanes of at least 4 members (excludes halogenated alkanes) is 1. The Hall–Kier alpha value is -3.19. The summed E-state index contributed by atoms with van der Waals surface area (Å²) in [7, 11) is -2.27. The molecule has 13 heteroatoms. The molecule has 1 fully saturated rings. The summed E-state index contributed by atoms with van der Waals surface area (Å²) in [6, 6.07) is 4.58. The molecule has 1 aliphatic rings. The number of rotatable bonds is 8. The number of piperazine rings is 1. The average molecular weight is 497 g/mol. The number of aromatic amines is 1. The second kappa shape index (κ2) is 10.4. The van der Waals surface area contributed by atoms with Gasteiger partial charge in [-0.2, -0.15) is 4.31 Å². The number of H-pyrrole nitrogens is 1. The predicted octanol–water partition coefficient (Wildman–Crippen LogP) is 0.0273. The van der Waals surface area contributed by atoms with Crippen molar-refractivity contribution in [3.05, 3.63) is 50.9 Å². The lowest BCUT2D eigenvalue weighted by atomic mass is 10.3. The molecule has 1 aromatic carbocycles. The zero-order valence-corrected chi connectivity index (χ0v) is 20.0. The predicted molar refractivity (Wildman–Crippen MR) is 126 cm³/mol. The van der Waals surface area contributed by atoms with Gasteiger partial charge in [-0.25, -0.2) is 17.6 Å². The number of nitrogens with zero attached hydrogens (tertiary/aromatic N) is 4. The highest BCUT2D eigenvalue weighted by atomic mass is 32.2. The van der Waals surface area contributed by atoms with E-state index < -0.39 is 27.1 Å². The van der Waals surface area contributed by atoms with Crippen molar-refractivity contribution in [3.8, 4) is 0 Å². The molecule has 0 unspecified atom stereocenters. The SMILES string of the molecule is CCCCn1c(N)c(N(C)CC(=O)N2CCN(S(=O)(=O)c3ccc(F)cc3)CC2)c(=O)[nH]c1=O. The van der Waals surface area contributed by atoms with Crippen molar-refractivity contribution in [3.63, 3.8) is 0 Å². The molecule has 1 amide bonds. The van der Waals surface area contributed by atoms with Gasteiger partial charge in [-0.05, 0) is 30.7 Å². The van der Waals surface area contributed by atoms with Gasteiger partial charge < -0.3 is 15.5 Å². The molecule has 0 radical (unpaired) electrons. The molecule has 0 atom stereocenters. The smallest absolute Gasteiger partial charge is 0.330 e. The quantitative estimate of drug-likeness (QED) is 0.525. The number of anilines is 2. The van der Waals surface area contributed by atoms with Gasteiger partial charge in [-0.3, -0.25) is 19.1 Å². The lowest BCUT2D eigenvalue weighted by Crippen LogP contribution is -2.52. The number of likely N-dealkylation sites (N-methyl/N-ethyl adjacent to an activating group) is 1. The molecule has 186 valence electrons. The van der Waals surface area contributed by atoms with E-state index in [1.54, 1.807) is 0 Å². The number of carbonyl (C=O) groups excluding carboxylic acids is 1. The van der Waals surface area contributed by atoms with Gasteiger partial charge in [0.05, 0.1) is 11.4 Å². The number of amides is 1. The molecule has 0 aliphatic carbocycles. The van der Waals surface area contributed by atoms with Crippen LogP contribution in [0.5, 0.6) is 0 Å². The van der Waals surface area contributed by atoms with Crippen molar-refractivity contribution >= 4 is 27.4 Å². The van der Waals surface area contributed by atoms with E-state index in [1.165, 1.54) is 37.9 Å². The van der Waals surface area contributed by atoms with Gasteiger partial charge in [0.15, 0.2) is 0 Å². The summed E-state index contributed by atoms with van der Waals surface area (Å²) in [5, 5.41) is 0. The average Bonchev–Trinajstić information content (AvgIpc) is 2.79. The Morgan fingerprint density at radius 2 is 1.76 bits per heavy atom. The fourth-order valence-corrected chi connectivity index (χ4v) is 5.22. The maximum Gasteiger partial charge on any atom is 0.330 e. The van der Waals surface area contributed by atoms with Crippen LogP contribution in [0.3, 0.4) is 0 Å². The van der Waals surface area contributed by atoms with E-state index in [0.717, 1.165) is 18.6 Å². The van der Waals surface area contributed by atoms with Crippen LogP contribution in [0.25, 0.3) is 0 Å². The molecule has 34 heavy (non-hydrogen) atoms. The molecule has 0 spiro atoms. The molecule has 2 aromatic rings. The Morgan fingerprint density at radius 1 is 1.15 bits per heavy atom. The zero-order valence-electron chi connectivity index (χ0n) is 19.2. The van der Waals surface area contributed by atoms with Crippen molar-refractivity contribution in [2.75, 3.05) is 50.4 Å². The van der Waals surface area contributed by atoms with Gasteiger partial charge in [0.25, 0.3) is 5.56 Å². The first-order valence-corrected chi connectivity index (χ1v) is 12.4. The number of carbonyl (C=O) groups is 1. The van der Waals surface area contributed by atoms with Crippen molar-refractivity contribution in [2.24, 2.45) is 0 Å². The molecular formula is C21H29FN6O5S. The molecule has 1 saturated heterocycles. The highest BCUT2D eigenvalue weighted by Crippen LogP contribution is 2.19. The van der Waals surface area contributed by atoms with Crippen LogP contribution >= 0.6 is 0 Å². The lowest BCUT2D eigenvalue weighted by Gasteiger charge is -2.35. The first-order valence-electron chi connectivity index (χ1n) is 10.9. The highest BCUT2D eigenvalue weighted by molar-refractivity contribution is 7.89. The monoisotopic (exact) mass is 496 g/mol. The van der Waals surface area contributed by atoms with Crippen LogP contribution in [0.1, 0.15) is 19.8 Å². The summed E-state index contributed by atoms with van der Waals surface area (Å²) in [6.45, 7) is 2.62. The number of sulfonamides is 1. The normalized spacial score (nSPS) is 14.9. The molecular weight excluding hydrogens is 467 g/mol. The first kappa shape index (κ1) is 25.4. The Bertz CT molecular complexity index is 1250. The van der Waals surface area contributed by atoms with E-state index in [4.69, 9.17) is 5.73 Å². The number of nitrogens with two attached hydrogens (primary N) is 1. The third kappa shape index (κ3) is 5.30. The van der Waals surface area contributed by atoms with Gasteiger partial charge >= 0.3 is 5.69 Å². The molecule has 1 aliphatic heterocycles. The maximum absolute atomic E-state index is 13.1. The summed E-state index contributed by atoms with van der Waals surface area (Å²) in [5.41, 5.74) is 4.84. The van der Waals surface area contributed by atoms with Crippen molar-refractivity contribution < 1.29 is 17.6 Å².